The molecule has 0 saturated heterocycles. The SMILES string of the molecule is [CH2]/C=C/c1ccc(-n2cccn2)cc1. The van der Waals surface area contributed by atoms with E-state index in [0.717, 1.165) is 11.3 Å². The molecule has 2 heteroatoms. The third-order valence-corrected chi connectivity index (χ3v) is 1.97. The van der Waals surface area contributed by atoms with E-state index in [9.17, 15) is 0 Å². The fourth-order valence-corrected chi connectivity index (χ4v) is 1.30. The predicted octanol–water partition coefficient (Wildman–Crippen LogP) is 2.72. The van der Waals surface area contributed by atoms with E-state index in [-0.39, 0.29) is 0 Å². The molecule has 1 aromatic carbocycles. The lowest BCUT2D eigenvalue weighted by molar-refractivity contribution is 0.880. The van der Waals surface area contributed by atoms with E-state index in [2.05, 4.69) is 12.0 Å². The second-order valence-corrected chi connectivity index (χ2v) is 2.94. The van der Waals surface area contributed by atoms with Gasteiger partial charge >= 0.3 is 0 Å². The quantitative estimate of drug-likeness (QED) is 0.700. The minimum absolute atomic E-state index is 1.07. The monoisotopic (exact) mass is 183 g/mol. The second kappa shape index (κ2) is 3.92. The molecule has 0 amide bonds. The summed E-state index contributed by atoms with van der Waals surface area (Å²) in [4.78, 5) is 0. The van der Waals surface area contributed by atoms with E-state index in [0.29, 0.717) is 0 Å². The van der Waals surface area contributed by atoms with Crippen molar-refractivity contribution in [1.29, 1.82) is 0 Å². The molecule has 1 heterocycles. The van der Waals surface area contributed by atoms with Crippen molar-refractivity contribution in [2.45, 2.75) is 0 Å². The molecule has 2 aromatic rings. The fraction of sp³-hybridized carbons (Fsp3) is 0. The van der Waals surface area contributed by atoms with Crippen molar-refractivity contribution in [1.82, 2.24) is 9.78 Å². The first kappa shape index (κ1) is 8.75. The maximum Gasteiger partial charge on any atom is 0.0645 e. The van der Waals surface area contributed by atoms with Crippen LogP contribution in [0.3, 0.4) is 0 Å². The van der Waals surface area contributed by atoms with Gasteiger partial charge in [-0.25, -0.2) is 4.68 Å². The van der Waals surface area contributed by atoms with E-state index in [1.54, 1.807) is 12.3 Å². The molecular formula is C12H11N2. The average Bonchev–Trinajstić information content (AvgIpc) is 2.72. The number of aromatic nitrogens is 2. The molecule has 0 atom stereocenters. The van der Waals surface area contributed by atoms with Crippen molar-refractivity contribution in [3.63, 3.8) is 0 Å². The van der Waals surface area contributed by atoms with E-state index in [1.807, 2.05) is 47.3 Å². The number of benzene rings is 1. The third kappa shape index (κ3) is 1.74. The van der Waals surface area contributed by atoms with Crippen LogP contribution in [0.4, 0.5) is 0 Å². The highest BCUT2D eigenvalue weighted by atomic mass is 15.3. The number of rotatable bonds is 2. The Morgan fingerprint density at radius 2 is 2.00 bits per heavy atom. The zero-order chi connectivity index (χ0) is 9.80. The Bertz CT molecular complexity index is 410. The van der Waals surface area contributed by atoms with Gasteiger partial charge in [-0.05, 0) is 30.7 Å². The van der Waals surface area contributed by atoms with Crippen molar-refractivity contribution >= 4 is 6.08 Å². The molecule has 0 bridgehead atoms. The molecule has 0 aliphatic carbocycles. The molecule has 2 nitrogen and oxygen atoms in total. The maximum atomic E-state index is 4.15. The third-order valence-electron chi connectivity index (χ3n) is 1.97. The Kier molecular flexibility index (Phi) is 2.45. The van der Waals surface area contributed by atoms with Gasteiger partial charge in [-0.15, -0.1) is 0 Å². The lowest BCUT2D eigenvalue weighted by Gasteiger charge is -2.00. The molecular weight excluding hydrogens is 172 g/mol. The van der Waals surface area contributed by atoms with Gasteiger partial charge in [-0.3, -0.25) is 0 Å². The number of hydrogen-bond acceptors (Lipinski definition) is 1. The molecule has 1 radical (unpaired) electrons. The van der Waals surface area contributed by atoms with Crippen LogP contribution in [-0.4, -0.2) is 9.78 Å². The van der Waals surface area contributed by atoms with Gasteiger partial charge in [-0.2, -0.15) is 5.10 Å². The molecule has 0 aliphatic rings. The first-order chi connectivity index (χ1) is 6.90. The molecule has 1 aromatic heterocycles. The Labute approximate surface area is 83.5 Å². The molecule has 2 rings (SSSR count). The van der Waals surface area contributed by atoms with Crippen LogP contribution in [0.5, 0.6) is 0 Å². The van der Waals surface area contributed by atoms with Crippen LogP contribution >= 0.6 is 0 Å². The lowest BCUT2D eigenvalue weighted by Crippen LogP contribution is -1.93. The Morgan fingerprint density at radius 3 is 2.57 bits per heavy atom. The van der Waals surface area contributed by atoms with E-state index >= 15 is 0 Å². The molecule has 0 saturated carbocycles. The summed E-state index contributed by atoms with van der Waals surface area (Å²) in [6.45, 7) is 3.66. The fourth-order valence-electron chi connectivity index (χ4n) is 1.30. The van der Waals surface area contributed by atoms with Gasteiger partial charge in [-0.1, -0.05) is 24.3 Å². The summed E-state index contributed by atoms with van der Waals surface area (Å²) >= 11 is 0. The zero-order valence-electron chi connectivity index (χ0n) is 7.80. The number of nitrogens with zero attached hydrogens (tertiary/aromatic N) is 2. The van der Waals surface area contributed by atoms with Crippen molar-refractivity contribution < 1.29 is 0 Å². The van der Waals surface area contributed by atoms with Gasteiger partial charge in [0.25, 0.3) is 0 Å². The van der Waals surface area contributed by atoms with Crippen LogP contribution < -0.4 is 0 Å². The first-order valence-corrected chi connectivity index (χ1v) is 4.46. The highest BCUT2D eigenvalue weighted by Crippen LogP contribution is 2.09. The van der Waals surface area contributed by atoms with Gasteiger partial charge in [0.15, 0.2) is 0 Å². The van der Waals surface area contributed by atoms with Crippen molar-refractivity contribution in [2.24, 2.45) is 0 Å². The van der Waals surface area contributed by atoms with Crippen LogP contribution in [0.2, 0.25) is 0 Å². The summed E-state index contributed by atoms with van der Waals surface area (Å²) in [6, 6.07) is 10.0. The molecule has 0 N–H and O–H groups in total. The highest BCUT2D eigenvalue weighted by Gasteiger charge is 1.94. The summed E-state index contributed by atoms with van der Waals surface area (Å²) in [5.74, 6) is 0. The van der Waals surface area contributed by atoms with E-state index < -0.39 is 0 Å². The van der Waals surface area contributed by atoms with Crippen LogP contribution in [0.25, 0.3) is 11.8 Å². The Morgan fingerprint density at radius 1 is 1.21 bits per heavy atom. The minimum atomic E-state index is 1.07. The molecule has 14 heavy (non-hydrogen) atoms. The summed E-state index contributed by atoms with van der Waals surface area (Å²) in [6.07, 6.45) is 7.44. The summed E-state index contributed by atoms with van der Waals surface area (Å²) in [5.41, 5.74) is 2.21. The van der Waals surface area contributed by atoms with Crippen molar-refractivity contribution in [2.75, 3.05) is 0 Å². The molecule has 69 valence electrons. The minimum Gasteiger partial charge on any atom is -0.241 e. The van der Waals surface area contributed by atoms with Crippen molar-refractivity contribution in [3.05, 3.63) is 61.3 Å². The standard InChI is InChI=1S/C12H11N2/c1-2-4-11-5-7-12(8-6-11)14-10-3-9-13-14/h2-10H,1H2/b4-2+. The van der Waals surface area contributed by atoms with Crippen LogP contribution in [0.1, 0.15) is 5.56 Å². The lowest BCUT2D eigenvalue weighted by atomic mass is 10.2. The topological polar surface area (TPSA) is 17.8 Å². The maximum absolute atomic E-state index is 4.15. The second-order valence-electron chi connectivity index (χ2n) is 2.94. The summed E-state index contributed by atoms with van der Waals surface area (Å²) in [7, 11) is 0. The normalized spacial score (nSPS) is 10.9. The van der Waals surface area contributed by atoms with Crippen LogP contribution in [-0.2, 0) is 0 Å². The smallest absolute Gasteiger partial charge is 0.0645 e. The van der Waals surface area contributed by atoms with Gasteiger partial charge in [0, 0.05) is 12.4 Å². The predicted molar refractivity (Wildman–Crippen MR) is 58.0 cm³/mol. The summed E-state index contributed by atoms with van der Waals surface area (Å²) < 4.78 is 1.83. The number of hydrogen-bond donors (Lipinski definition) is 0. The zero-order valence-corrected chi connectivity index (χ0v) is 7.80. The highest BCUT2D eigenvalue weighted by molar-refractivity contribution is 5.51. The van der Waals surface area contributed by atoms with Gasteiger partial charge in [0.1, 0.15) is 0 Å². The first-order valence-electron chi connectivity index (χ1n) is 4.46. The molecule has 0 spiro atoms. The molecule has 0 unspecified atom stereocenters. The average molecular weight is 183 g/mol. The molecule has 0 fully saturated rings. The van der Waals surface area contributed by atoms with Gasteiger partial charge in [0.2, 0.25) is 0 Å². The van der Waals surface area contributed by atoms with Crippen molar-refractivity contribution in [3.8, 4) is 5.69 Å². The largest absolute Gasteiger partial charge is 0.241 e. The van der Waals surface area contributed by atoms with Crippen LogP contribution in [0, 0.1) is 6.92 Å². The van der Waals surface area contributed by atoms with E-state index in [1.165, 1.54) is 0 Å². The van der Waals surface area contributed by atoms with Crippen LogP contribution in [0.15, 0.2) is 48.8 Å². The Hall–Kier alpha value is -1.83. The van der Waals surface area contributed by atoms with Gasteiger partial charge in [0.05, 0.1) is 5.69 Å². The molecule has 0 aliphatic heterocycles. The van der Waals surface area contributed by atoms with Gasteiger partial charge < -0.3 is 0 Å². The number of allylic oxidation sites excluding steroid dienone is 1. The Balaban J connectivity index is 2.31. The van der Waals surface area contributed by atoms with E-state index in [4.69, 9.17) is 0 Å². The summed E-state index contributed by atoms with van der Waals surface area (Å²) in [5, 5.41) is 4.15.